The van der Waals surface area contributed by atoms with E-state index >= 15 is 0 Å². The van der Waals surface area contributed by atoms with Crippen molar-refractivity contribution in [1.82, 2.24) is 24.5 Å². The number of fused-ring (bicyclic) bond motifs is 3. The first-order valence-corrected chi connectivity index (χ1v) is 11.5. The topological polar surface area (TPSA) is 62.7 Å². The second kappa shape index (κ2) is 8.58. The molecule has 172 valence electrons. The van der Waals surface area contributed by atoms with E-state index in [2.05, 4.69) is 30.6 Å². The standard InChI is InChI=1S/C24H34N6O2/c1-7-27(8-2)13-14-28-17(4)18(5)30-20-21(25-23(28)30)26(6)24(32)29(22(20)31)15-19-11-9-16(3)10-12-19/h9-12,20-21H,7-8,13-15H2,1-6H3. The first-order chi connectivity index (χ1) is 15.3. The number of aryl methyl sites for hydroxylation is 1. The summed E-state index contributed by atoms with van der Waals surface area (Å²) in [5.41, 5.74) is 4.23. The number of nitrogens with zero attached hydrogens (tertiary/aromatic N) is 6. The van der Waals surface area contributed by atoms with Crippen molar-refractivity contribution in [3.8, 4) is 0 Å². The summed E-state index contributed by atoms with van der Waals surface area (Å²) in [6.07, 6.45) is -0.502. The maximum absolute atomic E-state index is 13.6. The van der Waals surface area contributed by atoms with E-state index in [9.17, 15) is 9.59 Å². The van der Waals surface area contributed by atoms with Crippen LogP contribution in [0.4, 0.5) is 4.79 Å². The minimum absolute atomic E-state index is 0.185. The molecule has 1 aromatic carbocycles. The highest BCUT2D eigenvalue weighted by molar-refractivity contribution is 6.05. The van der Waals surface area contributed by atoms with Crippen LogP contribution in [-0.4, -0.2) is 87.8 Å². The van der Waals surface area contributed by atoms with Gasteiger partial charge >= 0.3 is 6.03 Å². The molecule has 1 aromatic rings. The summed E-state index contributed by atoms with van der Waals surface area (Å²) in [6.45, 7) is 14.5. The minimum Gasteiger partial charge on any atom is -0.313 e. The van der Waals surface area contributed by atoms with Gasteiger partial charge in [-0.05, 0) is 39.4 Å². The summed E-state index contributed by atoms with van der Waals surface area (Å²) >= 11 is 0. The Morgan fingerprint density at radius 1 is 0.969 bits per heavy atom. The van der Waals surface area contributed by atoms with E-state index in [-0.39, 0.29) is 18.5 Å². The van der Waals surface area contributed by atoms with E-state index in [1.165, 1.54) is 4.90 Å². The molecule has 32 heavy (non-hydrogen) atoms. The summed E-state index contributed by atoms with van der Waals surface area (Å²) in [5.74, 6) is 0.600. The number of hydrogen-bond acceptors (Lipinski definition) is 6. The van der Waals surface area contributed by atoms with Crippen LogP contribution in [0.15, 0.2) is 40.7 Å². The van der Waals surface area contributed by atoms with Crippen LogP contribution in [0.2, 0.25) is 0 Å². The molecule has 2 unspecified atom stereocenters. The van der Waals surface area contributed by atoms with Gasteiger partial charge in [0.2, 0.25) is 5.96 Å². The Hall–Kier alpha value is -2.87. The van der Waals surface area contributed by atoms with Gasteiger partial charge in [-0.15, -0.1) is 0 Å². The highest BCUT2D eigenvalue weighted by atomic mass is 16.2. The normalized spacial score (nSPS) is 22.9. The smallest absolute Gasteiger partial charge is 0.313 e. The van der Waals surface area contributed by atoms with Gasteiger partial charge in [-0.3, -0.25) is 14.6 Å². The average Bonchev–Trinajstić information content (AvgIpc) is 3.28. The zero-order chi connectivity index (χ0) is 23.2. The van der Waals surface area contributed by atoms with Crippen molar-refractivity contribution >= 4 is 17.9 Å². The third-order valence-corrected chi connectivity index (χ3v) is 7.00. The molecule has 0 radical (unpaired) electrons. The average molecular weight is 439 g/mol. The highest BCUT2D eigenvalue weighted by Crippen LogP contribution is 2.37. The van der Waals surface area contributed by atoms with Crippen LogP contribution in [0.25, 0.3) is 0 Å². The van der Waals surface area contributed by atoms with Gasteiger partial charge in [0.1, 0.15) is 0 Å². The maximum Gasteiger partial charge on any atom is 0.328 e. The summed E-state index contributed by atoms with van der Waals surface area (Å²) in [7, 11) is 1.74. The lowest BCUT2D eigenvalue weighted by Gasteiger charge is -2.40. The fourth-order valence-electron chi connectivity index (χ4n) is 4.75. The third-order valence-electron chi connectivity index (χ3n) is 7.00. The first-order valence-electron chi connectivity index (χ1n) is 11.5. The third kappa shape index (κ3) is 3.56. The van der Waals surface area contributed by atoms with Crippen molar-refractivity contribution in [2.45, 2.75) is 53.4 Å². The van der Waals surface area contributed by atoms with E-state index in [1.54, 1.807) is 11.9 Å². The Morgan fingerprint density at radius 3 is 2.25 bits per heavy atom. The summed E-state index contributed by atoms with van der Waals surface area (Å²) in [6, 6.07) is 7.13. The number of imide groups is 1. The number of rotatable bonds is 7. The Bertz CT molecular complexity index is 965. The van der Waals surface area contributed by atoms with Gasteiger partial charge in [0, 0.05) is 31.5 Å². The first kappa shape index (κ1) is 22.3. The Morgan fingerprint density at radius 2 is 1.62 bits per heavy atom. The molecule has 1 saturated heterocycles. The molecule has 4 rings (SSSR count). The quantitative estimate of drug-likeness (QED) is 0.655. The molecule has 0 aliphatic carbocycles. The van der Waals surface area contributed by atoms with Crippen molar-refractivity contribution in [3.63, 3.8) is 0 Å². The van der Waals surface area contributed by atoms with Crippen LogP contribution in [0, 0.1) is 6.92 Å². The lowest BCUT2D eigenvalue weighted by Crippen LogP contribution is -2.64. The molecule has 0 saturated carbocycles. The van der Waals surface area contributed by atoms with Crippen LogP contribution in [-0.2, 0) is 11.3 Å². The van der Waals surface area contributed by atoms with Crippen LogP contribution < -0.4 is 0 Å². The van der Waals surface area contributed by atoms with Gasteiger partial charge in [-0.2, -0.15) is 0 Å². The fourth-order valence-corrected chi connectivity index (χ4v) is 4.75. The summed E-state index contributed by atoms with van der Waals surface area (Å²) in [5, 5.41) is 0. The number of amides is 3. The van der Waals surface area contributed by atoms with Crippen molar-refractivity contribution in [2.75, 3.05) is 33.2 Å². The van der Waals surface area contributed by atoms with Crippen LogP contribution in [0.3, 0.4) is 0 Å². The van der Waals surface area contributed by atoms with E-state index in [4.69, 9.17) is 4.99 Å². The lowest BCUT2D eigenvalue weighted by atomic mass is 10.1. The molecule has 0 N–H and O–H groups in total. The second-order valence-electron chi connectivity index (χ2n) is 8.81. The van der Waals surface area contributed by atoms with Gasteiger partial charge in [0.05, 0.1) is 6.54 Å². The number of benzene rings is 1. The van der Waals surface area contributed by atoms with Gasteiger partial charge in [-0.1, -0.05) is 43.7 Å². The van der Waals surface area contributed by atoms with Crippen molar-refractivity contribution in [1.29, 1.82) is 0 Å². The molecule has 8 nitrogen and oxygen atoms in total. The molecule has 0 aromatic heterocycles. The largest absolute Gasteiger partial charge is 0.328 e. The van der Waals surface area contributed by atoms with Crippen molar-refractivity contribution < 1.29 is 9.59 Å². The molecule has 3 aliphatic rings. The molecule has 3 amide bonds. The van der Waals surface area contributed by atoms with Gasteiger partial charge < -0.3 is 14.7 Å². The SMILES string of the molecule is CCN(CC)CCN1C2=NC3C(C(=O)N(Cc4ccc(C)cc4)C(=O)N3C)N2C(C)=C1C. The number of likely N-dealkylation sites (N-methyl/N-ethyl adjacent to an activating group) is 2. The van der Waals surface area contributed by atoms with E-state index < -0.39 is 12.2 Å². The molecule has 0 spiro atoms. The van der Waals surface area contributed by atoms with Crippen LogP contribution >= 0.6 is 0 Å². The number of carbonyl (C=O) groups excluding carboxylic acids is 2. The van der Waals surface area contributed by atoms with Crippen molar-refractivity contribution in [3.05, 3.63) is 46.8 Å². The van der Waals surface area contributed by atoms with Crippen molar-refractivity contribution in [2.24, 2.45) is 4.99 Å². The molecular weight excluding hydrogens is 404 g/mol. The predicted octanol–water partition coefficient (Wildman–Crippen LogP) is 2.66. The molecule has 3 aliphatic heterocycles. The lowest BCUT2D eigenvalue weighted by molar-refractivity contribution is -0.137. The maximum atomic E-state index is 13.6. The van der Waals surface area contributed by atoms with E-state index in [0.29, 0.717) is 0 Å². The molecule has 2 atom stereocenters. The summed E-state index contributed by atoms with van der Waals surface area (Å²) < 4.78 is 0. The number of carbonyl (C=O) groups is 2. The number of guanidine groups is 1. The molecule has 8 heteroatoms. The minimum atomic E-state index is -0.522. The van der Waals surface area contributed by atoms with Crippen LogP contribution in [0.5, 0.6) is 0 Å². The van der Waals surface area contributed by atoms with E-state index in [1.807, 2.05) is 43.0 Å². The van der Waals surface area contributed by atoms with Gasteiger partial charge in [0.15, 0.2) is 12.2 Å². The van der Waals surface area contributed by atoms with Gasteiger partial charge in [0.25, 0.3) is 5.91 Å². The predicted molar refractivity (Wildman–Crippen MR) is 125 cm³/mol. The highest BCUT2D eigenvalue weighted by Gasteiger charge is 2.55. The number of hydrogen-bond donors (Lipinski definition) is 0. The Labute approximate surface area is 190 Å². The van der Waals surface area contributed by atoms with E-state index in [0.717, 1.165) is 54.7 Å². The van der Waals surface area contributed by atoms with Gasteiger partial charge in [-0.25, -0.2) is 9.79 Å². The number of aliphatic imine (C=N–C) groups is 1. The Kier molecular flexibility index (Phi) is 5.99. The summed E-state index contributed by atoms with van der Waals surface area (Å²) in [4.78, 5) is 41.2. The molecule has 3 heterocycles. The number of allylic oxidation sites excluding steroid dienone is 2. The zero-order valence-electron chi connectivity index (χ0n) is 20.0. The number of urea groups is 1. The molecule has 0 bridgehead atoms. The molecular formula is C24H34N6O2. The zero-order valence-corrected chi connectivity index (χ0v) is 20.0. The molecule has 1 fully saturated rings. The fraction of sp³-hybridized carbons (Fsp3) is 0.542. The Balaban J connectivity index is 1.59. The second-order valence-corrected chi connectivity index (χ2v) is 8.81. The van der Waals surface area contributed by atoms with Crippen LogP contribution in [0.1, 0.15) is 38.8 Å². The monoisotopic (exact) mass is 438 g/mol.